The van der Waals surface area contributed by atoms with Crippen molar-refractivity contribution in [2.75, 3.05) is 0 Å². The number of nitrogens with zero attached hydrogens (tertiary/aromatic N) is 10. The molecular weight excluding hydrogens is 933 g/mol. The van der Waals surface area contributed by atoms with E-state index in [9.17, 15) is 0 Å². The highest BCUT2D eigenvalue weighted by atomic mass is 15.1. The number of hydrogen-bond acceptors (Lipinski definition) is 7. The molecule has 10 nitrogen and oxygen atoms in total. The number of benzene rings is 5. The molecule has 76 heavy (non-hydrogen) atoms. The largest absolute Gasteiger partial charge is 0.305 e. The van der Waals surface area contributed by atoms with Crippen LogP contribution in [0.3, 0.4) is 0 Å². The van der Waals surface area contributed by atoms with Crippen molar-refractivity contribution >= 4 is 65.9 Å². The summed E-state index contributed by atoms with van der Waals surface area (Å²) in [5, 5.41) is 2.36. The molecule has 0 amide bonds. The third kappa shape index (κ3) is 6.75. The van der Waals surface area contributed by atoms with E-state index in [0.29, 0.717) is 17.5 Å². The first-order valence-electron chi connectivity index (χ1n) is 26.2. The molecule has 0 atom stereocenters. The number of hydrogen-bond donors (Lipinski definition) is 0. The van der Waals surface area contributed by atoms with E-state index in [1.54, 1.807) is 0 Å². The molecule has 0 radical (unpaired) electrons. The summed E-state index contributed by atoms with van der Waals surface area (Å²) in [7, 11) is 0. The standard InChI is InChI=1S/C66H56N10/c1-35-25-37(3)55(38(4)26-35)63-71-62-40-29-53(74-49-15-12-22-67-57(49)58-50(74)16-13-23-68-58)61(76-47-20-18-42(65(6,7)8)32-45(47)46-33-43(66(9,10)11)19-21-48(46)76)54(30-40)75-51-17-14-24-69-59(51)60-52(75)31-41(34-70-60)44-28-36(2)27-39(5)56(44)64(72-62)73-63/h12-34H,1-11H3. The van der Waals surface area contributed by atoms with Crippen molar-refractivity contribution in [1.82, 2.24) is 48.6 Å². The molecule has 8 aromatic heterocycles. The van der Waals surface area contributed by atoms with Gasteiger partial charge in [0.2, 0.25) is 0 Å². The van der Waals surface area contributed by atoms with Crippen LogP contribution in [0.25, 0.3) is 128 Å². The van der Waals surface area contributed by atoms with Gasteiger partial charge in [0, 0.05) is 57.8 Å². The number of fused-ring (bicyclic) bond motifs is 19. The maximum Gasteiger partial charge on any atom is 0.164 e. The molecule has 9 heterocycles. The second-order valence-electron chi connectivity index (χ2n) is 23.1. The first-order valence-corrected chi connectivity index (χ1v) is 26.2. The van der Waals surface area contributed by atoms with Gasteiger partial charge in [0.1, 0.15) is 22.1 Å². The minimum absolute atomic E-state index is 0.0928. The van der Waals surface area contributed by atoms with Crippen LogP contribution in [0.2, 0.25) is 0 Å². The molecule has 6 bridgehead atoms. The summed E-state index contributed by atoms with van der Waals surface area (Å²) < 4.78 is 7.22. The van der Waals surface area contributed by atoms with E-state index in [1.807, 2.05) is 43.0 Å². The number of rotatable bonds is 3. The highest BCUT2D eigenvalue weighted by Gasteiger charge is 2.31. The Bertz CT molecular complexity index is 4510. The quantitative estimate of drug-likeness (QED) is 0.174. The first-order chi connectivity index (χ1) is 36.5. The second kappa shape index (κ2) is 16.1. The topological polar surface area (TPSA) is 105 Å². The predicted molar refractivity (Wildman–Crippen MR) is 310 cm³/mol. The van der Waals surface area contributed by atoms with Crippen LogP contribution in [0.4, 0.5) is 0 Å². The monoisotopic (exact) mass is 988 g/mol. The fraction of sp³-hybridized carbons (Fsp3) is 0.197. The molecule has 1 aliphatic rings. The Kier molecular flexibility index (Phi) is 9.66. The zero-order chi connectivity index (χ0) is 52.3. The third-order valence-corrected chi connectivity index (χ3v) is 15.7. The van der Waals surface area contributed by atoms with Crippen molar-refractivity contribution in [1.29, 1.82) is 0 Å². The fourth-order valence-electron chi connectivity index (χ4n) is 12.3. The molecule has 0 aliphatic carbocycles. The summed E-state index contributed by atoms with van der Waals surface area (Å²) in [5.74, 6) is 1.77. The molecule has 0 spiro atoms. The highest BCUT2D eigenvalue weighted by molar-refractivity contribution is 6.13. The van der Waals surface area contributed by atoms with E-state index in [0.717, 1.165) is 122 Å². The zero-order valence-corrected chi connectivity index (χ0v) is 44.8. The predicted octanol–water partition coefficient (Wildman–Crippen LogP) is 15.9. The molecule has 370 valence electrons. The van der Waals surface area contributed by atoms with E-state index in [4.69, 9.17) is 34.9 Å². The average Bonchev–Trinajstić information content (AvgIpc) is 4.06. The van der Waals surface area contributed by atoms with Crippen molar-refractivity contribution in [3.8, 4) is 62.4 Å². The summed E-state index contributed by atoms with van der Waals surface area (Å²) in [6.45, 7) is 24.5. The van der Waals surface area contributed by atoms with Crippen LogP contribution in [0, 0.1) is 34.6 Å². The van der Waals surface area contributed by atoms with Crippen molar-refractivity contribution in [3.05, 3.63) is 179 Å². The average molecular weight is 989 g/mol. The van der Waals surface area contributed by atoms with Crippen LogP contribution in [0.15, 0.2) is 140 Å². The molecule has 13 aromatic rings. The van der Waals surface area contributed by atoms with Crippen LogP contribution in [0.1, 0.15) is 80.5 Å². The molecule has 0 saturated carbocycles. The lowest BCUT2D eigenvalue weighted by atomic mass is 9.85. The maximum atomic E-state index is 5.61. The van der Waals surface area contributed by atoms with Gasteiger partial charge in [0.05, 0.1) is 50.2 Å². The van der Waals surface area contributed by atoms with Gasteiger partial charge in [-0.15, -0.1) is 0 Å². The maximum absolute atomic E-state index is 5.61. The summed E-state index contributed by atoms with van der Waals surface area (Å²) >= 11 is 0. The summed E-state index contributed by atoms with van der Waals surface area (Å²) in [6, 6.07) is 42.4. The van der Waals surface area contributed by atoms with E-state index >= 15 is 0 Å². The normalized spacial score (nSPS) is 12.7. The molecule has 0 unspecified atom stereocenters. The van der Waals surface area contributed by atoms with Crippen molar-refractivity contribution < 1.29 is 0 Å². The van der Waals surface area contributed by atoms with Crippen LogP contribution in [-0.2, 0) is 10.8 Å². The molecule has 0 N–H and O–H groups in total. The van der Waals surface area contributed by atoms with Crippen LogP contribution in [-0.4, -0.2) is 48.6 Å². The first kappa shape index (κ1) is 45.7. The lowest BCUT2D eigenvalue weighted by molar-refractivity contribution is 0.590. The van der Waals surface area contributed by atoms with Crippen LogP contribution in [0.5, 0.6) is 0 Å². The number of pyridine rings is 4. The summed E-state index contributed by atoms with van der Waals surface area (Å²) in [6.07, 6.45) is 7.57. The van der Waals surface area contributed by atoms with E-state index in [1.165, 1.54) is 27.5 Å². The second-order valence-corrected chi connectivity index (χ2v) is 23.1. The van der Waals surface area contributed by atoms with Crippen LogP contribution >= 0.6 is 0 Å². The third-order valence-electron chi connectivity index (χ3n) is 15.7. The van der Waals surface area contributed by atoms with Crippen molar-refractivity contribution in [2.45, 2.75) is 87.0 Å². The van der Waals surface area contributed by atoms with Gasteiger partial charge in [-0.1, -0.05) is 89.1 Å². The van der Waals surface area contributed by atoms with E-state index in [2.05, 4.69) is 187 Å². The Hall–Kier alpha value is -8.89. The smallest absolute Gasteiger partial charge is 0.164 e. The fourth-order valence-corrected chi connectivity index (χ4v) is 12.3. The Labute approximate surface area is 440 Å². The SMILES string of the molecule is Cc1cc(C)c(-c2nc3nc(n2)-c2c(C)cc(C)cc2-c2cnc4c5ncccc5n(c4c2)-c2cc-3cc(-n3c4cccnc4c4ncccc43)c2-n2c3ccc(C(C)(C)C)cc3c3cc(C(C)(C)C)ccc32)c(C)c1. The molecular formula is C66H56N10. The van der Waals surface area contributed by atoms with Gasteiger partial charge in [0.15, 0.2) is 17.5 Å². The van der Waals surface area contributed by atoms with Gasteiger partial charge >= 0.3 is 0 Å². The highest BCUT2D eigenvalue weighted by Crippen LogP contribution is 2.47. The minimum Gasteiger partial charge on any atom is -0.305 e. The Morgan fingerprint density at radius 2 is 0.829 bits per heavy atom. The van der Waals surface area contributed by atoms with Crippen LogP contribution < -0.4 is 0 Å². The van der Waals surface area contributed by atoms with Gasteiger partial charge < -0.3 is 13.7 Å². The molecule has 14 rings (SSSR count). The Morgan fingerprint density at radius 1 is 0.382 bits per heavy atom. The van der Waals surface area contributed by atoms with Crippen molar-refractivity contribution in [2.24, 2.45) is 0 Å². The molecule has 0 fully saturated rings. The van der Waals surface area contributed by atoms with Gasteiger partial charge in [0.25, 0.3) is 0 Å². The van der Waals surface area contributed by atoms with Gasteiger partial charge in [-0.3, -0.25) is 19.9 Å². The van der Waals surface area contributed by atoms with Gasteiger partial charge in [-0.2, -0.15) is 0 Å². The lowest BCUT2D eigenvalue weighted by Crippen LogP contribution is -2.12. The molecule has 5 aromatic carbocycles. The van der Waals surface area contributed by atoms with Crippen molar-refractivity contribution in [3.63, 3.8) is 0 Å². The Morgan fingerprint density at radius 3 is 1.34 bits per heavy atom. The van der Waals surface area contributed by atoms with E-state index in [-0.39, 0.29) is 10.8 Å². The lowest BCUT2D eigenvalue weighted by Gasteiger charge is -2.24. The zero-order valence-electron chi connectivity index (χ0n) is 44.8. The number of aryl methyl sites for hydroxylation is 5. The molecule has 0 saturated heterocycles. The molecule has 1 aliphatic heterocycles. The van der Waals surface area contributed by atoms with Gasteiger partial charge in [-0.25, -0.2) is 15.0 Å². The minimum atomic E-state index is -0.0928. The summed E-state index contributed by atoms with van der Waals surface area (Å²) in [4.78, 5) is 37.2. The Balaban J connectivity index is 1.25. The van der Waals surface area contributed by atoms with E-state index < -0.39 is 0 Å². The summed E-state index contributed by atoms with van der Waals surface area (Å²) in [5.41, 5.74) is 24.4. The number of aromatic nitrogens is 10. The molecule has 10 heteroatoms. The van der Waals surface area contributed by atoms with Gasteiger partial charge in [-0.05, 0) is 158 Å².